The molecule has 3 rings (SSSR count). The number of hydrogen-bond acceptors (Lipinski definition) is 3. The van der Waals surface area contributed by atoms with E-state index in [9.17, 15) is 0 Å². The Labute approximate surface area is 88.5 Å². The summed E-state index contributed by atoms with van der Waals surface area (Å²) in [6.07, 6.45) is 4.70. The zero-order chi connectivity index (χ0) is 10.5. The van der Waals surface area contributed by atoms with Crippen molar-refractivity contribution in [3.63, 3.8) is 0 Å². The van der Waals surface area contributed by atoms with Crippen LogP contribution >= 0.6 is 0 Å². The van der Waals surface area contributed by atoms with Crippen molar-refractivity contribution < 1.29 is 4.42 Å². The maximum atomic E-state index is 5.33. The number of rotatable bonds is 2. The van der Waals surface area contributed by atoms with Gasteiger partial charge >= 0.3 is 0 Å². The van der Waals surface area contributed by atoms with Gasteiger partial charge in [0.25, 0.3) is 0 Å². The second-order valence-corrected chi connectivity index (χ2v) is 4.88. The molecule has 1 aliphatic rings. The van der Waals surface area contributed by atoms with Crippen LogP contribution in [0, 0.1) is 5.41 Å². The molecule has 3 heteroatoms. The van der Waals surface area contributed by atoms with Crippen LogP contribution in [0.1, 0.15) is 20.3 Å². The average Bonchev–Trinajstić information content (AvgIpc) is 2.66. The number of furan rings is 1. The van der Waals surface area contributed by atoms with Gasteiger partial charge in [0.1, 0.15) is 11.4 Å². The number of hydrogen-bond donors (Lipinski definition) is 1. The fourth-order valence-corrected chi connectivity index (χ4v) is 1.89. The molecule has 3 nitrogen and oxygen atoms in total. The number of aromatic nitrogens is 1. The fraction of sp³-hybridized carbons (Fsp3) is 0.417. The molecule has 0 bridgehead atoms. The third-order valence-corrected chi connectivity index (χ3v) is 3.20. The lowest BCUT2D eigenvalue weighted by Crippen LogP contribution is -2.09. The van der Waals surface area contributed by atoms with Crippen molar-refractivity contribution in [2.45, 2.75) is 26.3 Å². The first-order valence-corrected chi connectivity index (χ1v) is 5.25. The lowest BCUT2D eigenvalue weighted by Gasteiger charge is -2.07. The lowest BCUT2D eigenvalue weighted by atomic mass is 10.2. The summed E-state index contributed by atoms with van der Waals surface area (Å²) in [5, 5.41) is 4.53. The van der Waals surface area contributed by atoms with Gasteiger partial charge in [-0.25, -0.2) is 4.98 Å². The highest BCUT2D eigenvalue weighted by atomic mass is 16.3. The minimum atomic E-state index is 0.410. The van der Waals surface area contributed by atoms with Gasteiger partial charge < -0.3 is 9.73 Å². The predicted molar refractivity (Wildman–Crippen MR) is 59.8 cm³/mol. The Hall–Kier alpha value is -1.51. The number of fused-ring (bicyclic) bond motifs is 1. The van der Waals surface area contributed by atoms with Gasteiger partial charge in [0.05, 0.1) is 11.6 Å². The number of pyridine rings is 1. The summed E-state index contributed by atoms with van der Waals surface area (Å²) in [4.78, 5) is 4.35. The molecule has 2 aromatic heterocycles. The van der Waals surface area contributed by atoms with Crippen LogP contribution in [0.5, 0.6) is 0 Å². The van der Waals surface area contributed by atoms with E-state index in [1.807, 2.05) is 12.1 Å². The molecule has 1 fully saturated rings. The van der Waals surface area contributed by atoms with Gasteiger partial charge in [0.15, 0.2) is 0 Å². The molecule has 0 amide bonds. The zero-order valence-corrected chi connectivity index (χ0v) is 8.95. The molecule has 1 N–H and O–H groups in total. The topological polar surface area (TPSA) is 38.1 Å². The molecule has 1 aliphatic carbocycles. The maximum Gasteiger partial charge on any atom is 0.139 e. The van der Waals surface area contributed by atoms with E-state index in [0.29, 0.717) is 11.5 Å². The molecular formula is C12H14N2O. The summed E-state index contributed by atoms with van der Waals surface area (Å²) in [7, 11) is 0. The van der Waals surface area contributed by atoms with E-state index in [4.69, 9.17) is 4.42 Å². The Balaban J connectivity index is 1.94. The molecule has 0 radical (unpaired) electrons. The summed E-state index contributed by atoms with van der Waals surface area (Å²) in [5.74, 6) is 0.942. The molecule has 0 aliphatic heterocycles. The van der Waals surface area contributed by atoms with E-state index in [-0.39, 0.29) is 0 Å². The Morgan fingerprint density at radius 1 is 1.47 bits per heavy atom. The Morgan fingerprint density at radius 3 is 3.00 bits per heavy atom. The Kier molecular flexibility index (Phi) is 1.61. The van der Waals surface area contributed by atoms with Crippen molar-refractivity contribution in [3.8, 4) is 0 Å². The normalized spacial score (nSPS) is 22.9. The number of nitrogens with zero attached hydrogens (tertiary/aromatic N) is 1. The van der Waals surface area contributed by atoms with Crippen LogP contribution in [0.4, 0.5) is 5.82 Å². The molecule has 0 saturated heterocycles. The minimum Gasteiger partial charge on any atom is -0.464 e. The van der Waals surface area contributed by atoms with Gasteiger partial charge in [-0.3, -0.25) is 0 Å². The fourth-order valence-electron chi connectivity index (χ4n) is 1.89. The smallest absolute Gasteiger partial charge is 0.139 e. The molecule has 15 heavy (non-hydrogen) atoms. The highest BCUT2D eigenvalue weighted by Crippen LogP contribution is 2.46. The minimum absolute atomic E-state index is 0.410. The van der Waals surface area contributed by atoms with Crippen molar-refractivity contribution in [3.05, 3.63) is 24.6 Å². The highest BCUT2D eigenvalue weighted by molar-refractivity contribution is 5.88. The van der Waals surface area contributed by atoms with Crippen LogP contribution < -0.4 is 5.32 Å². The first-order valence-electron chi connectivity index (χ1n) is 5.25. The average molecular weight is 202 g/mol. The van der Waals surface area contributed by atoms with Crippen LogP contribution in [-0.2, 0) is 0 Å². The second kappa shape index (κ2) is 2.75. The van der Waals surface area contributed by atoms with Crippen LogP contribution in [-0.4, -0.2) is 11.0 Å². The van der Waals surface area contributed by atoms with Crippen molar-refractivity contribution in [2.24, 2.45) is 5.41 Å². The van der Waals surface area contributed by atoms with E-state index in [2.05, 4.69) is 24.1 Å². The summed E-state index contributed by atoms with van der Waals surface area (Å²) in [5.41, 5.74) is 1.30. The SMILES string of the molecule is CC1(C)CC1Nc1nccc2occc12. The van der Waals surface area contributed by atoms with Crippen molar-refractivity contribution >= 4 is 16.8 Å². The van der Waals surface area contributed by atoms with Gasteiger partial charge in [-0.1, -0.05) is 13.8 Å². The molecule has 1 atom stereocenters. The summed E-state index contributed by atoms with van der Waals surface area (Å²) < 4.78 is 5.33. The predicted octanol–water partition coefficient (Wildman–Crippen LogP) is 3.04. The first kappa shape index (κ1) is 8.77. The monoisotopic (exact) mass is 202 g/mol. The van der Waals surface area contributed by atoms with Crippen LogP contribution in [0.3, 0.4) is 0 Å². The number of nitrogens with one attached hydrogen (secondary N) is 1. The molecule has 0 aromatic carbocycles. The molecule has 0 spiro atoms. The van der Waals surface area contributed by atoms with E-state index in [0.717, 1.165) is 16.8 Å². The van der Waals surface area contributed by atoms with E-state index in [1.54, 1.807) is 12.5 Å². The third-order valence-electron chi connectivity index (χ3n) is 3.20. The van der Waals surface area contributed by atoms with Crippen molar-refractivity contribution in [1.29, 1.82) is 0 Å². The van der Waals surface area contributed by atoms with Crippen molar-refractivity contribution in [2.75, 3.05) is 5.32 Å². The quantitative estimate of drug-likeness (QED) is 0.813. The molecule has 78 valence electrons. The van der Waals surface area contributed by atoms with Gasteiger partial charge in [0.2, 0.25) is 0 Å². The molecule has 1 saturated carbocycles. The summed E-state index contributed by atoms with van der Waals surface area (Å²) >= 11 is 0. The molecule has 2 heterocycles. The van der Waals surface area contributed by atoms with E-state index >= 15 is 0 Å². The Morgan fingerprint density at radius 2 is 2.27 bits per heavy atom. The van der Waals surface area contributed by atoms with Crippen LogP contribution in [0.25, 0.3) is 11.0 Å². The lowest BCUT2D eigenvalue weighted by molar-refractivity contribution is 0.615. The molecular weight excluding hydrogens is 188 g/mol. The first-order chi connectivity index (χ1) is 7.17. The van der Waals surface area contributed by atoms with E-state index < -0.39 is 0 Å². The van der Waals surface area contributed by atoms with Crippen molar-refractivity contribution in [1.82, 2.24) is 4.98 Å². The van der Waals surface area contributed by atoms with Crippen LogP contribution in [0.2, 0.25) is 0 Å². The summed E-state index contributed by atoms with van der Waals surface area (Å²) in [6.45, 7) is 4.53. The van der Waals surface area contributed by atoms with Gasteiger partial charge in [-0.15, -0.1) is 0 Å². The van der Waals surface area contributed by atoms with E-state index in [1.165, 1.54) is 6.42 Å². The standard InChI is InChI=1S/C12H14N2O/c1-12(2)7-10(12)14-11-8-4-6-15-9(8)3-5-13-11/h3-6,10H,7H2,1-2H3,(H,13,14). The van der Waals surface area contributed by atoms with Crippen LogP contribution in [0.15, 0.2) is 29.0 Å². The zero-order valence-electron chi connectivity index (χ0n) is 8.95. The van der Waals surface area contributed by atoms with Gasteiger partial charge in [0, 0.05) is 12.2 Å². The van der Waals surface area contributed by atoms with Gasteiger partial charge in [-0.2, -0.15) is 0 Å². The number of anilines is 1. The summed E-state index contributed by atoms with van der Waals surface area (Å²) in [6, 6.07) is 4.39. The second-order valence-electron chi connectivity index (χ2n) is 4.88. The maximum absolute atomic E-state index is 5.33. The largest absolute Gasteiger partial charge is 0.464 e. The molecule has 2 aromatic rings. The third kappa shape index (κ3) is 1.39. The van der Waals surface area contributed by atoms with Gasteiger partial charge in [-0.05, 0) is 24.0 Å². The highest BCUT2D eigenvalue weighted by Gasteiger charge is 2.46. The molecule has 1 unspecified atom stereocenters. The Bertz CT molecular complexity index is 501.